The molecule has 3 heteroatoms. The van der Waals surface area contributed by atoms with Crippen LogP contribution in [0.2, 0.25) is 0 Å². The predicted octanol–water partition coefficient (Wildman–Crippen LogP) is 2.71. The summed E-state index contributed by atoms with van der Waals surface area (Å²) >= 11 is 0. The molecule has 3 nitrogen and oxygen atoms in total. The largest absolute Gasteiger partial charge is 0.366 e. The monoisotopic (exact) mass is 217 g/mol. The van der Waals surface area contributed by atoms with Crippen LogP contribution in [0.25, 0.3) is 0 Å². The number of hydrogen-bond acceptors (Lipinski definition) is 3. The lowest BCUT2D eigenvalue weighted by atomic mass is 9.84. The summed E-state index contributed by atoms with van der Waals surface area (Å²) in [6.45, 7) is 2.29. The molecule has 0 aliphatic heterocycles. The zero-order valence-electron chi connectivity index (χ0n) is 9.76. The smallest absolute Gasteiger partial charge is 0.144 e. The van der Waals surface area contributed by atoms with Crippen molar-refractivity contribution in [2.24, 2.45) is 17.8 Å². The van der Waals surface area contributed by atoms with E-state index in [1.807, 2.05) is 6.20 Å². The van der Waals surface area contributed by atoms with Crippen LogP contribution in [0.1, 0.15) is 32.6 Å². The third-order valence-electron chi connectivity index (χ3n) is 4.37. The summed E-state index contributed by atoms with van der Waals surface area (Å²) in [5.41, 5.74) is 0. The van der Waals surface area contributed by atoms with E-state index in [0.717, 1.165) is 23.6 Å². The molecular weight excluding hydrogens is 198 g/mol. The molecule has 2 aliphatic carbocycles. The highest BCUT2D eigenvalue weighted by atomic mass is 15.0. The van der Waals surface area contributed by atoms with Gasteiger partial charge in [0.25, 0.3) is 0 Å². The van der Waals surface area contributed by atoms with E-state index in [0.29, 0.717) is 6.04 Å². The van der Waals surface area contributed by atoms with Gasteiger partial charge in [0.2, 0.25) is 0 Å². The topological polar surface area (TPSA) is 37.8 Å². The van der Waals surface area contributed by atoms with Gasteiger partial charge < -0.3 is 5.32 Å². The Kier molecular flexibility index (Phi) is 2.54. The Morgan fingerprint density at radius 1 is 1.31 bits per heavy atom. The molecule has 0 aromatic carbocycles. The Morgan fingerprint density at radius 3 is 2.88 bits per heavy atom. The van der Waals surface area contributed by atoms with E-state index in [1.165, 1.54) is 25.7 Å². The average molecular weight is 217 g/mol. The summed E-state index contributed by atoms with van der Waals surface area (Å²) in [5.74, 6) is 3.74. The molecule has 2 aliphatic rings. The van der Waals surface area contributed by atoms with Gasteiger partial charge in [-0.3, -0.25) is 4.98 Å². The SMILES string of the molecule is CC(Nc1cnccn1)C1CC2CCC1C2. The van der Waals surface area contributed by atoms with Crippen LogP contribution in [0, 0.1) is 17.8 Å². The van der Waals surface area contributed by atoms with Crippen LogP contribution in [-0.2, 0) is 0 Å². The maximum atomic E-state index is 4.28. The van der Waals surface area contributed by atoms with Crippen LogP contribution in [0.4, 0.5) is 5.82 Å². The van der Waals surface area contributed by atoms with Crippen molar-refractivity contribution in [3.05, 3.63) is 18.6 Å². The minimum Gasteiger partial charge on any atom is -0.366 e. The number of nitrogens with one attached hydrogen (secondary N) is 1. The van der Waals surface area contributed by atoms with Gasteiger partial charge in [-0.05, 0) is 43.9 Å². The van der Waals surface area contributed by atoms with Crippen molar-refractivity contribution in [2.45, 2.75) is 38.6 Å². The lowest BCUT2D eigenvalue weighted by Crippen LogP contribution is -2.30. The highest BCUT2D eigenvalue weighted by Gasteiger charge is 2.41. The molecular formula is C13H19N3. The van der Waals surface area contributed by atoms with Crippen molar-refractivity contribution in [3.63, 3.8) is 0 Å². The zero-order chi connectivity index (χ0) is 11.0. The van der Waals surface area contributed by atoms with Crippen molar-refractivity contribution >= 4 is 5.82 Å². The fraction of sp³-hybridized carbons (Fsp3) is 0.692. The van der Waals surface area contributed by atoms with E-state index in [-0.39, 0.29) is 0 Å². The van der Waals surface area contributed by atoms with Crippen LogP contribution >= 0.6 is 0 Å². The highest BCUT2D eigenvalue weighted by molar-refractivity contribution is 5.31. The van der Waals surface area contributed by atoms with Crippen LogP contribution < -0.4 is 5.32 Å². The fourth-order valence-electron chi connectivity index (χ4n) is 3.62. The van der Waals surface area contributed by atoms with Crippen LogP contribution in [-0.4, -0.2) is 16.0 Å². The Balaban J connectivity index is 1.64. The summed E-state index contributed by atoms with van der Waals surface area (Å²) in [6.07, 6.45) is 11.1. The van der Waals surface area contributed by atoms with E-state index < -0.39 is 0 Å². The molecule has 2 saturated carbocycles. The van der Waals surface area contributed by atoms with Crippen molar-refractivity contribution < 1.29 is 0 Å². The first kappa shape index (κ1) is 10.1. The summed E-state index contributed by atoms with van der Waals surface area (Å²) in [7, 11) is 0. The summed E-state index contributed by atoms with van der Waals surface area (Å²) < 4.78 is 0. The Hall–Kier alpha value is -1.12. The minimum atomic E-state index is 0.534. The molecule has 2 bridgehead atoms. The van der Waals surface area contributed by atoms with E-state index in [2.05, 4.69) is 22.2 Å². The Morgan fingerprint density at radius 2 is 2.25 bits per heavy atom. The minimum absolute atomic E-state index is 0.534. The van der Waals surface area contributed by atoms with Crippen molar-refractivity contribution in [1.82, 2.24) is 9.97 Å². The number of aromatic nitrogens is 2. The predicted molar refractivity (Wildman–Crippen MR) is 64.1 cm³/mol. The fourth-order valence-corrected chi connectivity index (χ4v) is 3.62. The molecule has 1 aromatic heterocycles. The lowest BCUT2D eigenvalue weighted by molar-refractivity contribution is 0.304. The summed E-state index contributed by atoms with van der Waals surface area (Å²) in [6, 6.07) is 0.534. The van der Waals surface area contributed by atoms with Gasteiger partial charge in [-0.25, -0.2) is 4.98 Å². The first-order valence-corrected chi connectivity index (χ1v) is 6.35. The summed E-state index contributed by atoms with van der Waals surface area (Å²) in [4.78, 5) is 8.37. The van der Waals surface area contributed by atoms with E-state index in [1.54, 1.807) is 12.4 Å². The third kappa shape index (κ3) is 1.79. The van der Waals surface area contributed by atoms with Crippen molar-refractivity contribution in [1.29, 1.82) is 0 Å². The summed E-state index contributed by atoms with van der Waals surface area (Å²) in [5, 5.41) is 3.50. The van der Waals surface area contributed by atoms with Gasteiger partial charge in [0, 0.05) is 18.4 Å². The standard InChI is InChI=1S/C13H19N3/c1-9(16-13-8-14-4-5-15-13)12-7-10-2-3-11(12)6-10/h4-5,8-12H,2-3,6-7H2,1H3,(H,15,16). The molecule has 0 amide bonds. The molecule has 1 N–H and O–H groups in total. The van der Waals surface area contributed by atoms with Gasteiger partial charge in [0.1, 0.15) is 5.82 Å². The van der Waals surface area contributed by atoms with Gasteiger partial charge >= 0.3 is 0 Å². The maximum absolute atomic E-state index is 4.28. The van der Waals surface area contributed by atoms with E-state index in [9.17, 15) is 0 Å². The number of rotatable bonds is 3. The normalized spacial score (nSPS) is 33.9. The van der Waals surface area contributed by atoms with Gasteiger partial charge in [0.05, 0.1) is 6.20 Å². The van der Waals surface area contributed by atoms with Crippen LogP contribution in [0.3, 0.4) is 0 Å². The van der Waals surface area contributed by atoms with E-state index in [4.69, 9.17) is 0 Å². The Labute approximate surface area is 96.7 Å². The second-order valence-corrected chi connectivity index (χ2v) is 5.36. The maximum Gasteiger partial charge on any atom is 0.144 e. The van der Waals surface area contributed by atoms with Gasteiger partial charge in [-0.2, -0.15) is 0 Å². The molecule has 86 valence electrons. The van der Waals surface area contributed by atoms with Gasteiger partial charge in [-0.15, -0.1) is 0 Å². The molecule has 0 saturated heterocycles. The lowest BCUT2D eigenvalue weighted by Gasteiger charge is -2.28. The first-order valence-electron chi connectivity index (χ1n) is 6.35. The molecule has 2 fully saturated rings. The third-order valence-corrected chi connectivity index (χ3v) is 4.37. The van der Waals surface area contributed by atoms with Gasteiger partial charge in [-0.1, -0.05) is 6.42 Å². The molecule has 0 radical (unpaired) electrons. The van der Waals surface area contributed by atoms with Crippen LogP contribution in [0.15, 0.2) is 18.6 Å². The highest BCUT2D eigenvalue weighted by Crippen LogP contribution is 2.49. The molecule has 1 heterocycles. The number of nitrogens with zero attached hydrogens (tertiary/aromatic N) is 2. The first-order chi connectivity index (χ1) is 7.83. The quantitative estimate of drug-likeness (QED) is 0.846. The molecule has 16 heavy (non-hydrogen) atoms. The molecule has 4 atom stereocenters. The van der Waals surface area contributed by atoms with Crippen molar-refractivity contribution in [2.75, 3.05) is 5.32 Å². The number of anilines is 1. The van der Waals surface area contributed by atoms with Crippen molar-refractivity contribution in [3.8, 4) is 0 Å². The molecule has 3 rings (SSSR count). The molecule has 4 unspecified atom stereocenters. The number of fused-ring (bicyclic) bond motifs is 2. The number of hydrogen-bond donors (Lipinski definition) is 1. The van der Waals surface area contributed by atoms with Crippen LogP contribution in [0.5, 0.6) is 0 Å². The zero-order valence-corrected chi connectivity index (χ0v) is 9.76. The second-order valence-electron chi connectivity index (χ2n) is 5.36. The second kappa shape index (κ2) is 4.04. The average Bonchev–Trinajstić information content (AvgIpc) is 2.92. The Bertz CT molecular complexity index is 351. The molecule has 0 spiro atoms. The molecule has 1 aromatic rings. The van der Waals surface area contributed by atoms with E-state index >= 15 is 0 Å². The van der Waals surface area contributed by atoms with Gasteiger partial charge in [0.15, 0.2) is 0 Å².